The molecule has 2 heterocycles. The molecule has 1 atom stereocenters. The first-order valence-corrected chi connectivity index (χ1v) is 11.0. The third-order valence-corrected chi connectivity index (χ3v) is 6.04. The van der Waals surface area contributed by atoms with E-state index in [1.807, 2.05) is 41.1 Å². The summed E-state index contributed by atoms with van der Waals surface area (Å²) in [4.78, 5) is 25.1. The number of amides is 2. The normalized spacial score (nSPS) is 19.5. The van der Waals surface area contributed by atoms with Crippen molar-refractivity contribution in [2.75, 3.05) is 13.2 Å². The first kappa shape index (κ1) is 21.1. The first-order valence-electron chi connectivity index (χ1n) is 11.0. The van der Waals surface area contributed by atoms with E-state index >= 15 is 0 Å². The van der Waals surface area contributed by atoms with Crippen LogP contribution in [0.1, 0.15) is 44.1 Å². The summed E-state index contributed by atoms with van der Waals surface area (Å²) < 4.78 is 7.41. The molecule has 4 rings (SSSR count). The van der Waals surface area contributed by atoms with Crippen LogP contribution < -0.4 is 10.6 Å². The van der Waals surface area contributed by atoms with Crippen LogP contribution in [-0.2, 0) is 20.9 Å². The molecule has 7 nitrogen and oxygen atoms in total. The Morgan fingerprint density at radius 3 is 2.74 bits per heavy atom. The average molecular weight is 421 g/mol. The van der Waals surface area contributed by atoms with Crippen molar-refractivity contribution in [2.45, 2.75) is 57.2 Å². The highest BCUT2D eigenvalue weighted by atomic mass is 16.5. The van der Waals surface area contributed by atoms with Gasteiger partial charge in [-0.2, -0.15) is 5.26 Å². The van der Waals surface area contributed by atoms with Gasteiger partial charge in [-0.1, -0.05) is 31.0 Å². The topological polar surface area (TPSA) is 96.2 Å². The van der Waals surface area contributed by atoms with Crippen molar-refractivity contribution >= 4 is 28.8 Å². The fourth-order valence-corrected chi connectivity index (χ4v) is 4.40. The van der Waals surface area contributed by atoms with Crippen molar-refractivity contribution in [3.8, 4) is 6.07 Å². The minimum Gasteiger partial charge on any atom is -0.376 e. The molecule has 2 N–H and O–H groups in total. The van der Waals surface area contributed by atoms with Gasteiger partial charge in [0.1, 0.15) is 18.2 Å². The predicted octanol–water partition coefficient (Wildman–Crippen LogP) is 2.90. The van der Waals surface area contributed by atoms with Gasteiger partial charge in [-0.15, -0.1) is 0 Å². The third kappa shape index (κ3) is 5.15. The van der Waals surface area contributed by atoms with E-state index in [2.05, 4.69) is 10.6 Å². The lowest BCUT2D eigenvalue weighted by Crippen LogP contribution is -2.34. The van der Waals surface area contributed by atoms with Gasteiger partial charge in [-0.05, 0) is 37.8 Å². The molecule has 1 unspecified atom stereocenters. The van der Waals surface area contributed by atoms with E-state index in [-0.39, 0.29) is 36.1 Å². The van der Waals surface area contributed by atoms with Crippen LogP contribution in [0.3, 0.4) is 0 Å². The lowest BCUT2D eigenvalue weighted by Gasteiger charge is -2.11. The second-order valence-electron chi connectivity index (χ2n) is 8.29. The molecule has 1 aromatic heterocycles. The summed E-state index contributed by atoms with van der Waals surface area (Å²) in [5.41, 5.74) is 1.72. The second kappa shape index (κ2) is 9.80. The molecule has 2 aromatic rings. The third-order valence-electron chi connectivity index (χ3n) is 6.04. The number of nitrogens with zero attached hydrogens (tertiary/aromatic N) is 2. The van der Waals surface area contributed by atoms with Crippen molar-refractivity contribution in [1.29, 1.82) is 5.26 Å². The summed E-state index contributed by atoms with van der Waals surface area (Å²) in [6.07, 6.45) is 9.70. The maximum atomic E-state index is 12.6. The molecule has 162 valence electrons. The maximum absolute atomic E-state index is 12.6. The molecule has 2 amide bonds. The molecule has 0 spiro atoms. The summed E-state index contributed by atoms with van der Waals surface area (Å²) in [7, 11) is 0. The van der Waals surface area contributed by atoms with Gasteiger partial charge in [-0.3, -0.25) is 9.59 Å². The molecule has 1 aromatic carbocycles. The Labute approximate surface area is 182 Å². The van der Waals surface area contributed by atoms with Gasteiger partial charge < -0.3 is 19.9 Å². The Hall–Kier alpha value is -3.11. The molecule has 1 saturated carbocycles. The fraction of sp³-hybridized carbons (Fsp3) is 0.458. The summed E-state index contributed by atoms with van der Waals surface area (Å²) in [5.74, 6) is -0.424. The Morgan fingerprint density at radius 1 is 1.19 bits per heavy atom. The molecule has 1 saturated heterocycles. The Bertz CT molecular complexity index is 1020. The molecule has 31 heavy (non-hydrogen) atoms. The minimum absolute atomic E-state index is 0.0811. The molecule has 7 heteroatoms. The monoisotopic (exact) mass is 420 g/mol. The van der Waals surface area contributed by atoms with Crippen molar-refractivity contribution < 1.29 is 14.3 Å². The number of rotatable bonds is 7. The van der Waals surface area contributed by atoms with Crippen LogP contribution >= 0.6 is 0 Å². The molecule has 0 bridgehead atoms. The van der Waals surface area contributed by atoms with Crippen LogP contribution in [0.25, 0.3) is 17.0 Å². The zero-order chi connectivity index (χ0) is 21.6. The molecule has 1 aliphatic carbocycles. The maximum Gasteiger partial charge on any atom is 0.262 e. The molecule has 2 aliphatic rings. The fourth-order valence-electron chi connectivity index (χ4n) is 4.40. The zero-order valence-electron chi connectivity index (χ0n) is 17.6. The predicted molar refractivity (Wildman–Crippen MR) is 118 cm³/mol. The SMILES string of the molecule is N#CC(=Cc1cn(CC(=O)NCC2CCCO2)c2ccccc12)C(=O)NC1CCCC1. The molecule has 1 aliphatic heterocycles. The standard InChI is InChI=1S/C24H28N4O3/c25-13-17(24(30)27-19-6-1-2-7-19)12-18-15-28(22-10-4-3-9-21(18)22)16-23(29)26-14-20-8-5-11-31-20/h3-4,9-10,12,15,19-20H,1-2,5-8,11,14,16H2,(H,26,29)(H,27,30). The van der Waals surface area contributed by atoms with Crippen molar-refractivity contribution in [1.82, 2.24) is 15.2 Å². The minimum atomic E-state index is -0.333. The van der Waals surface area contributed by atoms with E-state index in [1.165, 1.54) is 0 Å². The summed E-state index contributed by atoms with van der Waals surface area (Å²) >= 11 is 0. The number of nitriles is 1. The number of carbonyl (C=O) groups excluding carboxylic acids is 2. The van der Waals surface area contributed by atoms with Gasteiger partial charge in [0.05, 0.1) is 6.10 Å². The van der Waals surface area contributed by atoms with Crippen molar-refractivity contribution in [3.63, 3.8) is 0 Å². The smallest absolute Gasteiger partial charge is 0.262 e. The first-order chi connectivity index (χ1) is 15.1. The quantitative estimate of drug-likeness (QED) is 0.532. The number of para-hydroxylation sites is 1. The van der Waals surface area contributed by atoms with Crippen molar-refractivity contribution in [2.24, 2.45) is 0 Å². The number of carbonyl (C=O) groups is 2. The van der Waals surface area contributed by atoms with Gasteiger partial charge in [0.15, 0.2) is 0 Å². The van der Waals surface area contributed by atoms with E-state index in [0.717, 1.165) is 61.6 Å². The summed E-state index contributed by atoms with van der Waals surface area (Å²) in [5, 5.41) is 16.4. The number of aromatic nitrogens is 1. The Kier molecular flexibility index (Phi) is 6.68. The summed E-state index contributed by atoms with van der Waals surface area (Å²) in [6, 6.07) is 9.88. The van der Waals surface area contributed by atoms with E-state index in [1.54, 1.807) is 6.08 Å². The van der Waals surface area contributed by atoms with E-state index < -0.39 is 0 Å². The number of hydrogen-bond donors (Lipinski definition) is 2. The number of ether oxygens (including phenoxy) is 1. The van der Waals surface area contributed by atoms with Gasteiger partial charge >= 0.3 is 0 Å². The average Bonchev–Trinajstić information content (AvgIpc) is 3.53. The number of hydrogen-bond acceptors (Lipinski definition) is 4. The van der Waals surface area contributed by atoms with Crippen LogP contribution in [0.15, 0.2) is 36.0 Å². The molecule has 0 radical (unpaired) electrons. The van der Waals surface area contributed by atoms with Crippen LogP contribution in [-0.4, -0.2) is 41.7 Å². The Morgan fingerprint density at radius 2 is 2.00 bits per heavy atom. The highest BCUT2D eigenvalue weighted by molar-refractivity contribution is 6.04. The van der Waals surface area contributed by atoms with Crippen LogP contribution in [0.4, 0.5) is 0 Å². The lowest BCUT2D eigenvalue weighted by atomic mass is 10.1. The van der Waals surface area contributed by atoms with E-state index in [9.17, 15) is 14.9 Å². The van der Waals surface area contributed by atoms with Gasteiger partial charge in [0, 0.05) is 41.9 Å². The van der Waals surface area contributed by atoms with Gasteiger partial charge in [0.2, 0.25) is 5.91 Å². The largest absolute Gasteiger partial charge is 0.376 e. The number of fused-ring (bicyclic) bond motifs is 1. The highest BCUT2D eigenvalue weighted by Gasteiger charge is 2.20. The zero-order valence-corrected chi connectivity index (χ0v) is 17.6. The van der Waals surface area contributed by atoms with Crippen LogP contribution in [0.5, 0.6) is 0 Å². The van der Waals surface area contributed by atoms with Gasteiger partial charge in [-0.25, -0.2) is 0 Å². The lowest BCUT2D eigenvalue weighted by molar-refractivity contribution is -0.122. The van der Waals surface area contributed by atoms with Crippen LogP contribution in [0.2, 0.25) is 0 Å². The van der Waals surface area contributed by atoms with Gasteiger partial charge in [0.25, 0.3) is 5.91 Å². The van der Waals surface area contributed by atoms with E-state index in [4.69, 9.17) is 4.74 Å². The van der Waals surface area contributed by atoms with E-state index in [0.29, 0.717) is 6.54 Å². The number of nitrogens with one attached hydrogen (secondary N) is 2. The molecular formula is C24H28N4O3. The molecular weight excluding hydrogens is 392 g/mol. The second-order valence-corrected chi connectivity index (χ2v) is 8.29. The highest BCUT2D eigenvalue weighted by Crippen LogP contribution is 2.24. The van der Waals surface area contributed by atoms with Crippen molar-refractivity contribution in [3.05, 3.63) is 41.6 Å². The number of benzene rings is 1. The Balaban J connectivity index is 1.51. The van der Waals surface area contributed by atoms with Crippen LogP contribution in [0, 0.1) is 11.3 Å². The summed E-state index contributed by atoms with van der Waals surface area (Å²) in [6.45, 7) is 1.44. The molecule has 2 fully saturated rings.